The predicted molar refractivity (Wildman–Crippen MR) is 131 cm³/mol. The second-order valence-electron chi connectivity index (χ2n) is 8.62. The van der Waals surface area contributed by atoms with Gasteiger partial charge in [-0.15, -0.1) is 0 Å². The van der Waals surface area contributed by atoms with Gasteiger partial charge in [-0.3, -0.25) is 14.2 Å². The number of methoxy groups -OCH3 is 1. The highest BCUT2D eigenvalue weighted by molar-refractivity contribution is 6.35. The molecule has 0 amide bonds. The van der Waals surface area contributed by atoms with Crippen molar-refractivity contribution in [1.29, 1.82) is 0 Å². The summed E-state index contributed by atoms with van der Waals surface area (Å²) in [5.74, 6) is 0.961. The Morgan fingerprint density at radius 1 is 1.31 bits per heavy atom. The summed E-state index contributed by atoms with van der Waals surface area (Å²) in [5, 5.41) is 7.72. The maximum atomic E-state index is 13.7. The lowest BCUT2D eigenvalue weighted by atomic mass is 9.80. The first-order valence-electron chi connectivity index (χ1n) is 11.2. The number of ether oxygens (including phenoxy) is 1. The minimum Gasteiger partial charge on any atom is -0.469 e. The van der Waals surface area contributed by atoms with Gasteiger partial charge in [-0.25, -0.2) is 15.0 Å². The second kappa shape index (κ2) is 9.19. The number of nitrogens with zero attached hydrogens (tertiary/aromatic N) is 6. The zero-order valence-electron chi connectivity index (χ0n) is 19.7. The summed E-state index contributed by atoms with van der Waals surface area (Å²) in [7, 11) is 1.35. The zero-order chi connectivity index (χ0) is 25.6. The van der Waals surface area contributed by atoms with Crippen molar-refractivity contribution in [2.45, 2.75) is 38.8 Å². The molecule has 1 saturated carbocycles. The third-order valence-corrected chi connectivity index (χ3v) is 6.59. The summed E-state index contributed by atoms with van der Waals surface area (Å²) >= 11 is 6.37. The van der Waals surface area contributed by atoms with E-state index in [-0.39, 0.29) is 35.2 Å². The number of benzene rings is 1. The number of carbonyl (C=O) groups is 1. The van der Waals surface area contributed by atoms with Gasteiger partial charge in [0.05, 0.1) is 35.0 Å². The number of carbonyl (C=O) groups excluding carboxylic acids is 1. The van der Waals surface area contributed by atoms with Gasteiger partial charge in [0.25, 0.3) is 11.4 Å². The molecule has 4 aromatic rings. The molecule has 12 nitrogen and oxygen atoms in total. The normalized spacial score (nSPS) is 18.0. The van der Waals surface area contributed by atoms with E-state index in [9.17, 15) is 9.59 Å². The molecule has 3 aromatic heterocycles. The zero-order valence-corrected chi connectivity index (χ0v) is 20.5. The SMILES string of the molecule is COC(=O)C1CC(n2c([C@H](C)Nc3ncnc(N)c3-c3nc(C)no3)nc3cccc(Cl)c3c2=O)C1. The van der Waals surface area contributed by atoms with E-state index in [1.54, 1.807) is 29.7 Å². The van der Waals surface area contributed by atoms with Crippen molar-refractivity contribution in [3.05, 3.63) is 51.6 Å². The molecule has 5 rings (SSSR count). The Bertz CT molecular complexity index is 1530. The number of aryl methyl sites for hydroxylation is 1. The number of fused-ring (bicyclic) bond motifs is 1. The largest absolute Gasteiger partial charge is 0.469 e. The van der Waals surface area contributed by atoms with Crippen LogP contribution in [0.2, 0.25) is 5.02 Å². The van der Waals surface area contributed by atoms with Crippen molar-refractivity contribution in [1.82, 2.24) is 29.7 Å². The Balaban J connectivity index is 1.58. The average molecular weight is 511 g/mol. The van der Waals surface area contributed by atoms with Crippen molar-refractivity contribution in [3.63, 3.8) is 0 Å². The van der Waals surface area contributed by atoms with E-state index in [2.05, 4.69) is 25.4 Å². The number of esters is 1. The first kappa shape index (κ1) is 23.7. The number of rotatable bonds is 6. The standard InChI is InChI=1S/C23H23ClN8O4/c1-10(28-19-17(18(25)26-9-27-19)21-29-11(2)31-36-21)20-30-15-6-4-5-14(24)16(15)22(33)32(20)13-7-12(8-13)23(34)35-3/h4-6,9-10,12-13H,7-8H2,1-3H3,(H3,25,26,27,28)/t10-,12?,13?/m0/s1. The molecule has 3 N–H and O–H groups in total. The topological polar surface area (TPSA) is 164 Å². The number of hydrogen-bond acceptors (Lipinski definition) is 11. The van der Waals surface area contributed by atoms with Crippen LogP contribution in [0.1, 0.15) is 43.5 Å². The predicted octanol–water partition coefficient (Wildman–Crippen LogP) is 3.08. The Kier molecular flexibility index (Phi) is 6.04. The van der Waals surface area contributed by atoms with Crippen LogP contribution in [0.4, 0.5) is 11.6 Å². The lowest BCUT2D eigenvalue weighted by molar-refractivity contribution is -0.149. The van der Waals surface area contributed by atoms with Crippen molar-refractivity contribution in [2.75, 3.05) is 18.2 Å². The van der Waals surface area contributed by atoms with E-state index in [1.807, 2.05) is 6.92 Å². The third-order valence-electron chi connectivity index (χ3n) is 6.28. The summed E-state index contributed by atoms with van der Waals surface area (Å²) in [4.78, 5) is 43.0. The van der Waals surface area contributed by atoms with Gasteiger partial charge in [0.1, 0.15) is 29.4 Å². The maximum Gasteiger partial charge on any atom is 0.308 e. The van der Waals surface area contributed by atoms with E-state index in [0.29, 0.717) is 51.8 Å². The van der Waals surface area contributed by atoms with Crippen LogP contribution in [0.5, 0.6) is 0 Å². The van der Waals surface area contributed by atoms with Crippen molar-refractivity contribution in [3.8, 4) is 11.5 Å². The molecule has 1 fully saturated rings. The minimum atomic E-state index is -0.518. The summed E-state index contributed by atoms with van der Waals surface area (Å²) in [6, 6.07) is 4.36. The smallest absolute Gasteiger partial charge is 0.308 e. The van der Waals surface area contributed by atoms with Gasteiger partial charge in [-0.1, -0.05) is 22.8 Å². The highest BCUT2D eigenvalue weighted by Gasteiger charge is 2.39. The molecule has 0 saturated heterocycles. The average Bonchev–Trinajstić information content (AvgIpc) is 3.24. The van der Waals surface area contributed by atoms with Gasteiger partial charge in [0.15, 0.2) is 5.82 Å². The van der Waals surface area contributed by atoms with E-state index in [4.69, 9.17) is 31.6 Å². The molecular weight excluding hydrogens is 488 g/mol. The van der Waals surface area contributed by atoms with Crippen LogP contribution in [0.25, 0.3) is 22.4 Å². The Morgan fingerprint density at radius 3 is 2.78 bits per heavy atom. The highest BCUT2D eigenvalue weighted by atomic mass is 35.5. The molecule has 0 spiro atoms. The van der Waals surface area contributed by atoms with E-state index < -0.39 is 6.04 Å². The monoisotopic (exact) mass is 510 g/mol. The number of aromatic nitrogens is 6. The van der Waals surface area contributed by atoms with Gasteiger partial charge in [-0.2, -0.15) is 4.98 Å². The molecule has 0 unspecified atom stereocenters. The van der Waals surface area contributed by atoms with E-state index in [0.717, 1.165) is 0 Å². The first-order chi connectivity index (χ1) is 17.3. The van der Waals surface area contributed by atoms with E-state index >= 15 is 0 Å². The molecule has 36 heavy (non-hydrogen) atoms. The van der Waals surface area contributed by atoms with Crippen LogP contribution in [-0.2, 0) is 9.53 Å². The maximum absolute atomic E-state index is 13.7. The molecule has 1 atom stereocenters. The van der Waals surface area contributed by atoms with Crippen LogP contribution < -0.4 is 16.6 Å². The third kappa shape index (κ3) is 4.02. The van der Waals surface area contributed by atoms with Crippen LogP contribution in [0.15, 0.2) is 33.8 Å². The lowest BCUT2D eigenvalue weighted by Crippen LogP contribution is -2.40. The number of nitrogens with one attached hydrogen (secondary N) is 1. The molecule has 1 aliphatic carbocycles. The fourth-order valence-electron chi connectivity index (χ4n) is 4.42. The fraction of sp³-hybridized carbons (Fsp3) is 0.348. The molecule has 13 heteroatoms. The molecule has 1 aromatic carbocycles. The van der Waals surface area contributed by atoms with Crippen LogP contribution in [-0.4, -0.2) is 42.7 Å². The Hall–Kier alpha value is -4.06. The molecule has 1 aliphatic rings. The Labute approximate surface area is 209 Å². The quantitative estimate of drug-likeness (QED) is 0.366. The van der Waals surface area contributed by atoms with Gasteiger partial charge in [-0.05, 0) is 38.8 Å². The molecule has 0 bridgehead atoms. The van der Waals surface area contributed by atoms with Crippen molar-refractivity contribution < 1.29 is 14.1 Å². The lowest BCUT2D eigenvalue weighted by Gasteiger charge is -2.36. The molecule has 0 aliphatic heterocycles. The van der Waals surface area contributed by atoms with Gasteiger partial charge in [0.2, 0.25) is 0 Å². The Morgan fingerprint density at radius 2 is 2.08 bits per heavy atom. The second-order valence-corrected chi connectivity index (χ2v) is 9.03. The molecular formula is C23H23ClN8O4. The number of halogens is 1. The fourth-order valence-corrected chi connectivity index (χ4v) is 4.67. The highest BCUT2D eigenvalue weighted by Crippen LogP contribution is 2.40. The number of nitrogens with two attached hydrogens (primary N) is 1. The van der Waals surface area contributed by atoms with Crippen LogP contribution in [0.3, 0.4) is 0 Å². The summed E-state index contributed by atoms with van der Waals surface area (Å²) < 4.78 is 11.8. The van der Waals surface area contributed by atoms with Gasteiger partial charge < -0.3 is 20.3 Å². The van der Waals surface area contributed by atoms with Crippen LogP contribution in [0, 0.1) is 12.8 Å². The van der Waals surface area contributed by atoms with Gasteiger partial charge in [0, 0.05) is 6.04 Å². The summed E-state index contributed by atoms with van der Waals surface area (Å²) in [6.45, 7) is 3.53. The van der Waals surface area contributed by atoms with Crippen molar-refractivity contribution in [2.24, 2.45) is 5.92 Å². The number of hydrogen-bond donors (Lipinski definition) is 2. The molecule has 3 heterocycles. The minimum absolute atomic E-state index is 0.152. The summed E-state index contributed by atoms with van der Waals surface area (Å²) in [6.07, 6.45) is 2.22. The summed E-state index contributed by atoms with van der Waals surface area (Å²) in [5.41, 5.74) is 6.64. The molecule has 186 valence electrons. The van der Waals surface area contributed by atoms with Gasteiger partial charge >= 0.3 is 5.97 Å². The van der Waals surface area contributed by atoms with Crippen LogP contribution >= 0.6 is 11.6 Å². The first-order valence-corrected chi connectivity index (χ1v) is 11.6. The van der Waals surface area contributed by atoms with E-state index in [1.165, 1.54) is 13.4 Å². The number of anilines is 2. The number of nitrogen functional groups attached to an aromatic ring is 1. The molecule has 0 radical (unpaired) electrons. The van der Waals surface area contributed by atoms with Crippen molar-refractivity contribution >= 4 is 40.1 Å².